The number of esters is 1. The van der Waals surface area contributed by atoms with Gasteiger partial charge in [-0.25, -0.2) is 9.78 Å². The molecule has 0 spiro atoms. The van der Waals surface area contributed by atoms with Crippen LogP contribution in [0.5, 0.6) is 0 Å². The highest BCUT2D eigenvalue weighted by Gasteiger charge is 2.21. The van der Waals surface area contributed by atoms with Gasteiger partial charge >= 0.3 is 5.97 Å². The van der Waals surface area contributed by atoms with E-state index in [1.54, 1.807) is 34.9 Å². The molecule has 128 valence electrons. The van der Waals surface area contributed by atoms with Gasteiger partial charge in [-0.2, -0.15) is 0 Å². The number of hydrogen-bond acceptors (Lipinski definition) is 4. The Labute approximate surface area is 153 Å². The lowest BCUT2D eigenvalue weighted by molar-refractivity contribution is -0.123. The zero-order chi connectivity index (χ0) is 18.0. The molecule has 1 atom stereocenters. The number of nitrogens with one attached hydrogen (secondary N) is 1. The molecule has 1 amide bonds. The number of hydrogen-bond donors (Lipinski definition) is 1. The Hall–Kier alpha value is -2.67. The van der Waals surface area contributed by atoms with Gasteiger partial charge in [0.1, 0.15) is 5.65 Å². The van der Waals surface area contributed by atoms with E-state index >= 15 is 0 Å². The summed E-state index contributed by atoms with van der Waals surface area (Å²) in [4.78, 5) is 28.7. The smallest absolute Gasteiger partial charge is 0.359 e. The number of ether oxygens (including phenoxy) is 1. The van der Waals surface area contributed by atoms with Crippen LogP contribution in [0.3, 0.4) is 0 Å². The average molecular weight is 402 g/mol. The number of anilines is 1. The van der Waals surface area contributed by atoms with Gasteiger partial charge in [0.2, 0.25) is 0 Å². The summed E-state index contributed by atoms with van der Waals surface area (Å²) in [5, 5.41) is 2.70. The van der Waals surface area contributed by atoms with Gasteiger partial charge in [0, 0.05) is 22.1 Å². The molecule has 1 N–H and O–H groups in total. The van der Waals surface area contributed by atoms with E-state index in [0.29, 0.717) is 11.3 Å². The van der Waals surface area contributed by atoms with Crippen molar-refractivity contribution in [3.8, 4) is 0 Å². The molecule has 0 radical (unpaired) electrons. The predicted octanol–water partition coefficient (Wildman–Crippen LogP) is 3.59. The minimum absolute atomic E-state index is 0.163. The quantitative estimate of drug-likeness (QED) is 0.677. The van der Waals surface area contributed by atoms with Crippen LogP contribution in [0.15, 0.2) is 53.1 Å². The van der Waals surface area contributed by atoms with Crippen molar-refractivity contribution in [2.75, 3.05) is 5.32 Å². The number of imidazole rings is 1. The first-order chi connectivity index (χ1) is 11.9. The number of amides is 1. The molecule has 0 bridgehead atoms. The molecule has 3 aromatic rings. The fourth-order valence-electron chi connectivity index (χ4n) is 2.33. The van der Waals surface area contributed by atoms with Crippen LogP contribution in [0.1, 0.15) is 23.1 Å². The average Bonchev–Trinajstić information content (AvgIpc) is 3.00. The van der Waals surface area contributed by atoms with Gasteiger partial charge in [-0.3, -0.25) is 4.79 Å². The zero-order valence-electron chi connectivity index (χ0n) is 13.7. The summed E-state index contributed by atoms with van der Waals surface area (Å²) in [7, 11) is 0. The molecule has 0 saturated heterocycles. The first-order valence-electron chi connectivity index (χ1n) is 7.66. The van der Waals surface area contributed by atoms with E-state index in [9.17, 15) is 9.59 Å². The van der Waals surface area contributed by atoms with Crippen molar-refractivity contribution in [2.24, 2.45) is 0 Å². The number of halogens is 1. The van der Waals surface area contributed by atoms with Gasteiger partial charge in [0.05, 0.1) is 0 Å². The van der Waals surface area contributed by atoms with Crippen LogP contribution in [0, 0.1) is 6.92 Å². The highest BCUT2D eigenvalue weighted by atomic mass is 79.9. The second-order valence-electron chi connectivity index (χ2n) is 5.57. The van der Waals surface area contributed by atoms with E-state index in [4.69, 9.17) is 4.74 Å². The molecule has 0 aliphatic rings. The predicted molar refractivity (Wildman–Crippen MR) is 97.6 cm³/mol. The summed E-state index contributed by atoms with van der Waals surface area (Å²) in [6.07, 6.45) is 0.656. The van der Waals surface area contributed by atoms with Crippen LogP contribution in [0.25, 0.3) is 5.65 Å². The lowest BCUT2D eigenvalue weighted by Gasteiger charge is -2.12. The van der Waals surface area contributed by atoms with E-state index in [1.165, 1.54) is 6.92 Å². The normalized spacial score (nSPS) is 12.0. The van der Waals surface area contributed by atoms with E-state index in [-0.39, 0.29) is 5.69 Å². The maximum Gasteiger partial charge on any atom is 0.359 e. The molecule has 2 heterocycles. The molecular formula is C18H16BrN3O3. The summed E-state index contributed by atoms with van der Waals surface area (Å²) in [6, 6.07) is 12.7. The number of benzene rings is 1. The van der Waals surface area contributed by atoms with Gasteiger partial charge in [0.25, 0.3) is 5.91 Å². The van der Waals surface area contributed by atoms with Crippen LogP contribution >= 0.6 is 15.9 Å². The minimum Gasteiger partial charge on any atom is -0.448 e. The van der Waals surface area contributed by atoms with Gasteiger partial charge in [-0.05, 0) is 44.2 Å². The van der Waals surface area contributed by atoms with Gasteiger partial charge in [-0.15, -0.1) is 0 Å². The Morgan fingerprint density at radius 2 is 2.00 bits per heavy atom. The third-order valence-corrected chi connectivity index (χ3v) is 4.14. The summed E-state index contributed by atoms with van der Waals surface area (Å²) < 4.78 is 7.87. The third kappa shape index (κ3) is 3.88. The van der Waals surface area contributed by atoms with Crippen LogP contribution in [0.4, 0.5) is 5.69 Å². The minimum atomic E-state index is -0.947. The summed E-state index contributed by atoms with van der Waals surface area (Å²) in [6.45, 7) is 3.43. The number of pyridine rings is 1. The maximum absolute atomic E-state index is 12.3. The van der Waals surface area contributed by atoms with E-state index in [2.05, 4.69) is 26.2 Å². The Morgan fingerprint density at radius 1 is 1.24 bits per heavy atom. The van der Waals surface area contributed by atoms with Crippen LogP contribution < -0.4 is 5.32 Å². The number of rotatable bonds is 4. The molecule has 0 aliphatic heterocycles. The van der Waals surface area contributed by atoms with Gasteiger partial charge in [-0.1, -0.05) is 28.1 Å². The molecule has 2 aromatic heterocycles. The second kappa shape index (κ2) is 7.06. The molecule has 3 rings (SSSR count). The molecule has 0 aliphatic carbocycles. The Balaban J connectivity index is 1.68. The van der Waals surface area contributed by atoms with Crippen LogP contribution in [-0.4, -0.2) is 27.4 Å². The van der Waals surface area contributed by atoms with Crippen molar-refractivity contribution in [2.45, 2.75) is 20.0 Å². The van der Waals surface area contributed by atoms with E-state index < -0.39 is 18.0 Å². The Kier molecular flexibility index (Phi) is 4.85. The largest absolute Gasteiger partial charge is 0.448 e. The molecule has 25 heavy (non-hydrogen) atoms. The van der Waals surface area contributed by atoms with E-state index in [1.807, 2.05) is 25.1 Å². The lowest BCUT2D eigenvalue weighted by Crippen LogP contribution is -2.30. The lowest BCUT2D eigenvalue weighted by atomic mass is 10.3. The Bertz CT molecular complexity index is 952. The summed E-state index contributed by atoms with van der Waals surface area (Å²) in [5.74, 6) is -1.05. The maximum atomic E-state index is 12.3. The zero-order valence-corrected chi connectivity index (χ0v) is 15.3. The number of aryl methyl sites for hydroxylation is 1. The van der Waals surface area contributed by atoms with Crippen molar-refractivity contribution >= 4 is 39.1 Å². The summed E-state index contributed by atoms with van der Waals surface area (Å²) >= 11 is 3.34. The van der Waals surface area contributed by atoms with Crippen LogP contribution in [-0.2, 0) is 9.53 Å². The number of carbonyl (C=O) groups is 2. The molecule has 0 fully saturated rings. The van der Waals surface area contributed by atoms with E-state index in [0.717, 1.165) is 10.2 Å². The molecule has 1 aromatic carbocycles. The highest BCUT2D eigenvalue weighted by Crippen LogP contribution is 2.16. The molecule has 0 saturated carbocycles. The highest BCUT2D eigenvalue weighted by molar-refractivity contribution is 9.10. The number of fused-ring (bicyclic) bond motifs is 1. The summed E-state index contributed by atoms with van der Waals surface area (Å²) in [5.41, 5.74) is 2.38. The second-order valence-corrected chi connectivity index (χ2v) is 6.48. The van der Waals surface area contributed by atoms with Crippen molar-refractivity contribution in [1.82, 2.24) is 9.38 Å². The van der Waals surface area contributed by atoms with Crippen molar-refractivity contribution in [1.29, 1.82) is 0 Å². The SMILES string of the molecule is Cc1cccc2nc(C(=O)O[C@H](C)C(=O)Nc3cccc(Br)c3)cn12. The van der Waals surface area contributed by atoms with Crippen LogP contribution in [0.2, 0.25) is 0 Å². The first kappa shape index (κ1) is 17.2. The van der Waals surface area contributed by atoms with Crippen molar-refractivity contribution in [3.63, 3.8) is 0 Å². The number of nitrogens with zero attached hydrogens (tertiary/aromatic N) is 2. The number of carbonyl (C=O) groups excluding carboxylic acids is 2. The van der Waals surface area contributed by atoms with Crippen molar-refractivity contribution in [3.05, 3.63) is 64.5 Å². The molecule has 7 heteroatoms. The molecule has 0 unspecified atom stereocenters. The monoisotopic (exact) mass is 401 g/mol. The molecular weight excluding hydrogens is 386 g/mol. The number of aromatic nitrogens is 2. The third-order valence-electron chi connectivity index (χ3n) is 3.65. The topological polar surface area (TPSA) is 72.7 Å². The first-order valence-corrected chi connectivity index (χ1v) is 8.45. The van der Waals surface area contributed by atoms with Gasteiger partial charge in [0.15, 0.2) is 11.8 Å². The fraction of sp³-hybridized carbons (Fsp3) is 0.167. The Morgan fingerprint density at radius 3 is 2.72 bits per heavy atom. The molecule has 6 nitrogen and oxygen atoms in total. The standard InChI is InChI=1S/C18H16BrN3O3/c1-11-5-3-8-16-21-15(10-22(11)16)18(24)25-12(2)17(23)20-14-7-4-6-13(19)9-14/h3-10,12H,1-2H3,(H,20,23)/t12-/m1/s1. The van der Waals surface area contributed by atoms with Gasteiger partial charge < -0.3 is 14.5 Å². The fourth-order valence-corrected chi connectivity index (χ4v) is 2.73. The van der Waals surface area contributed by atoms with Crippen molar-refractivity contribution < 1.29 is 14.3 Å².